The zero-order chi connectivity index (χ0) is 19.1. The molecule has 2 aliphatic rings. The molecule has 0 aliphatic carbocycles. The van der Waals surface area contributed by atoms with Gasteiger partial charge in [-0.25, -0.2) is 0 Å². The average Bonchev–Trinajstić information content (AvgIpc) is 3.20. The molecular formula is C22H14N4O2. The maximum atomic E-state index is 13.1. The molecule has 5 rings (SSSR count). The van der Waals surface area contributed by atoms with Gasteiger partial charge in [0.15, 0.2) is 11.4 Å². The van der Waals surface area contributed by atoms with Gasteiger partial charge in [-0.3, -0.25) is 14.5 Å². The van der Waals surface area contributed by atoms with Crippen LogP contribution in [0.25, 0.3) is 0 Å². The fraction of sp³-hybridized carbons (Fsp3) is 0. The van der Waals surface area contributed by atoms with Crippen LogP contribution in [0, 0.1) is 0 Å². The minimum absolute atomic E-state index is 0.201. The summed E-state index contributed by atoms with van der Waals surface area (Å²) < 4.78 is 0. The van der Waals surface area contributed by atoms with E-state index < -0.39 is 0 Å². The van der Waals surface area contributed by atoms with E-state index in [1.54, 1.807) is 17.0 Å². The third kappa shape index (κ3) is 2.43. The maximum Gasteiger partial charge on any atom is 0.284 e. The second-order valence-corrected chi connectivity index (χ2v) is 6.39. The van der Waals surface area contributed by atoms with Crippen LogP contribution in [-0.4, -0.2) is 23.2 Å². The molecule has 2 aliphatic heterocycles. The van der Waals surface area contributed by atoms with Gasteiger partial charge in [0.25, 0.3) is 11.8 Å². The highest BCUT2D eigenvalue weighted by molar-refractivity contribution is 6.56. The van der Waals surface area contributed by atoms with Crippen LogP contribution in [0.1, 0.15) is 11.1 Å². The van der Waals surface area contributed by atoms with Crippen LogP contribution in [0.3, 0.4) is 0 Å². The fourth-order valence-electron chi connectivity index (χ4n) is 3.43. The lowest BCUT2D eigenvalue weighted by Crippen LogP contribution is -2.25. The number of hydrogen-bond donors (Lipinski definition) is 1. The Morgan fingerprint density at radius 1 is 0.679 bits per heavy atom. The van der Waals surface area contributed by atoms with Crippen LogP contribution in [0.15, 0.2) is 89.1 Å². The van der Waals surface area contributed by atoms with Crippen molar-refractivity contribution in [2.75, 3.05) is 10.2 Å². The molecule has 3 aromatic carbocycles. The number of rotatable bonds is 2. The van der Waals surface area contributed by atoms with Crippen LogP contribution >= 0.6 is 0 Å². The first-order chi connectivity index (χ1) is 13.7. The van der Waals surface area contributed by atoms with Gasteiger partial charge >= 0.3 is 0 Å². The van der Waals surface area contributed by atoms with E-state index in [1.165, 1.54) is 0 Å². The Labute approximate surface area is 160 Å². The lowest BCUT2D eigenvalue weighted by molar-refractivity contribution is -0.112. The topological polar surface area (TPSA) is 74.1 Å². The summed E-state index contributed by atoms with van der Waals surface area (Å²) in [6.07, 6.45) is 0. The van der Waals surface area contributed by atoms with Crippen LogP contribution in [0.2, 0.25) is 0 Å². The highest BCUT2D eigenvalue weighted by Crippen LogP contribution is 2.35. The van der Waals surface area contributed by atoms with Gasteiger partial charge in [-0.05, 0) is 24.3 Å². The number of para-hydroxylation sites is 3. The lowest BCUT2D eigenvalue weighted by atomic mass is 10.1. The summed E-state index contributed by atoms with van der Waals surface area (Å²) in [4.78, 5) is 27.0. The Hall–Kier alpha value is -4.06. The van der Waals surface area contributed by atoms with Crippen molar-refractivity contribution >= 4 is 40.3 Å². The van der Waals surface area contributed by atoms with Crippen LogP contribution in [-0.2, 0) is 9.59 Å². The number of nitrogens with zero attached hydrogens (tertiary/aromatic N) is 3. The van der Waals surface area contributed by atoms with E-state index in [-0.39, 0.29) is 23.2 Å². The van der Waals surface area contributed by atoms with Gasteiger partial charge in [-0.1, -0.05) is 54.6 Å². The molecule has 0 aromatic heterocycles. The summed E-state index contributed by atoms with van der Waals surface area (Å²) in [6.45, 7) is 0. The third-order valence-corrected chi connectivity index (χ3v) is 4.72. The van der Waals surface area contributed by atoms with Crippen LogP contribution < -0.4 is 10.2 Å². The number of fused-ring (bicyclic) bond motifs is 2. The summed E-state index contributed by atoms with van der Waals surface area (Å²) in [7, 11) is 0. The highest BCUT2D eigenvalue weighted by atomic mass is 16.2. The van der Waals surface area contributed by atoms with Gasteiger partial charge in [-0.15, -0.1) is 10.2 Å². The average molecular weight is 366 g/mol. The minimum Gasteiger partial charge on any atom is -0.320 e. The standard InChI is InChI=1S/C22H14N4O2/c27-21-19(15-10-4-6-12-17(15)23-21)24-25-20-16-11-5-7-13-18(16)26(22(20)28)14-8-2-1-3-9-14/h1-13H,(H,23,24,27)/b25-20-. The summed E-state index contributed by atoms with van der Waals surface area (Å²) in [5.74, 6) is -0.604. The molecule has 134 valence electrons. The predicted octanol–water partition coefficient (Wildman–Crippen LogP) is 3.51. The summed E-state index contributed by atoms with van der Waals surface area (Å²) in [5.41, 5.74) is 3.96. The Kier molecular flexibility index (Phi) is 3.62. The number of anilines is 3. The van der Waals surface area contributed by atoms with E-state index in [9.17, 15) is 9.59 Å². The molecule has 0 saturated heterocycles. The molecule has 0 bridgehead atoms. The molecular weight excluding hydrogens is 352 g/mol. The van der Waals surface area contributed by atoms with Crippen molar-refractivity contribution in [1.82, 2.24) is 0 Å². The Morgan fingerprint density at radius 2 is 1.32 bits per heavy atom. The van der Waals surface area contributed by atoms with Crippen molar-refractivity contribution in [3.05, 3.63) is 90.0 Å². The predicted molar refractivity (Wildman–Crippen MR) is 108 cm³/mol. The zero-order valence-electron chi connectivity index (χ0n) is 14.7. The molecule has 0 atom stereocenters. The van der Waals surface area contributed by atoms with Crippen molar-refractivity contribution in [1.29, 1.82) is 0 Å². The van der Waals surface area contributed by atoms with Gasteiger partial charge in [0, 0.05) is 16.8 Å². The van der Waals surface area contributed by atoms with E-state index in [0.717, 1.165) is 11.4 Å². The van der Waals surface area contributed by atoms with E-state index in [1.807, 2.05) is 66.7 Å². The number of amides is 2. The smallest absolute Gasteiger partial charge is 0.284 e. The summed E-state index contributed by atoms with van der Waals surface area (Å²) in [6, 6.07) is 24.1. The first-order valence-corrected chi connectivity index (χ1v) is 8.79. The van der Waals surface area contributed by atoms with Crippen LogP contribution in [0.4, 0.5) is 17.1 Å². The fourth-order valence-corrected chi connectivity index (χ4v) is 3.43. The first-order valence-electron chi connectivity index (χ1n) is 8.79. The number of benzene rings is 3. The Balaban J connectivity index is 1.61. The largest absolute Gasteiger partial charge is 0.320 e. The van der Waals surface area contributed by atoms with E-state index in [2.05, 4.69) is 15.5 Å². The molecule has 0 fully saturated rings. The molecule has 6 nitrogen and oxygen atoms in total. The zero-order valence-corrected chi connectivity index (χ0v) is 14.7. The number of carbonyl (C=O) groups excluding carboxylic acids is 2. The van der Waals surface area contributed by atoms with Gasteiger partial charge in [0.1, 0.15) is 0 Å². The summed E-state index contributed by atoms with van der Waals surface area (Å²) >= 11 is 0. The van der Waals surface area contributed by atoms with Crippen molar-refractivity contribution in [2.24, 2.45) is 10.2 Å². The highest BCUT2D eigenvalue weighted by Gasteiger charge is 2.35. The quantitative estimate of drug-likeness (QED) is 0.705. The van der Waals surface area contributed by atoms with Crippen molar-refractivity contribution < 1.29 is 9.59 Å². The van der Waals surface area contributed by atoms with Gasteiger partial charge in [0.2, 0.25) is 0 Å². The maximum absolute atomic E-state index is 13.1. The number of carbonyl (C=O) groups is 2. The molecule has 2 amide bonds. The molecule has 28 heavy (non-hydrogen) atoms. The minimum atomic E-state index is -0.329. The lowest BCUT2D eigenvalue weighted by Gasteiger charge is -2.16. The van der Waals surface area contributed by atoms with E-state index in [4.69, 9.17) is 0 Å². The van der Waals surface area contributed by atoms with Crippen molar-refractivity contribution in [3.63, 3.8) is 0 Å². The first kappa shape index (κ1) is 16.1. The monoisotopic (exact) mass is 366 g/mol. The SMILES string of the molecule is O=C1Nc2ccccc2/C1=N/N=C1\C(=O)N(c2ccccc2)c2ccccc21. The van der Waals surface area contributed by atoms with Gasteiger partial charge in [-0.2, -0.15) is 0 Å². The van der Waals surface area contributed by atoms with Gasteiger partial charge < -0.3 is 5.32 Å². The third-order valence-electron chi connectivity index (χ3n) is 4.72. The normalized spacial score (nSPS) is 17.8. The Morgan fingerprint density at radius 3 is 2.14 bits per heavy atom. The van der Waals surface area contributed by atoms with Gasteiger partial charge in [0.05, 0.1) is 11.4 Å². The molecule has 2 heterocycles. The molecule has 1 N–H and O–H groups in total. The van der Waals surface area contributed by atoms with Crippen molar-refractivity contribution in [3.8, 4) is 0 Å². The second kappa shape index (κ2) is 6.28. The molecule has 0 radical (unpaired) electrons. The Bertz CT molecular complexity index is 1180. The van der Waals surface area contributed by atoms with Crippen LogP contribution in [0.5, 0.6) is 0 Å². The number of hydrogen-bond acceptors (Lipinski definition) is 4. The van der Waals surface area contributed by atoms with E-state index in [0.29, 0.717) is 16.8 Å². The van der Waals surface area contributed by atoms with E-state index >= 15 is 0 Å². The molecule has 0 unspecified atom stereocenters. The molecule has 0 saturated carbocycles. The molecule has 0 spiro atoms. The number of nitrogens with one attached hydrogen (secondary N) is 1. The molecule has 3 aromatic rings. The van der Waals surface area contributed by atoms with Crippen molar-refractivity contribution in [2.45, 2.75) is 0 Å². The second-order valence-electron chi connectivity index (χ2n) is 6.39. The summed E-state index contributed by atoms with van der Waals surface area (Å²) in [5, 5.41) is 11.1. The molecule has 6 heteroatoms.